The molecule has 0 unspecified atom stereocenters. The molecule has 3 rings (SSSR count). The third kappa shape index (κ3) is 5.93. The number of hydrogen-bond acceptors (Lipinski definition) is 5. The van der Waals surface area contributed by atoms with Crippen molar-refractivity contribution in [2.24, 2.45) is 5.84 Å². The Morgan fingerprint density at radius 1 is 1.17 bits per heavy atom. The molecule has 1 fully saturated rings. The monoisotopic (exact) mass is 517 g/mol. The zero-order valence-corrected chi connectivity index (χ0v) is 21.2. The van der Waals surface area contributed by atoms with Crippen molar-refractivity contribution >= 4 is 40.9 Å². The topological polar surface area (TPSA) is 92.9 Å². The minimum Gasteiger partial charge on any atom is -0.358 e. The fraction of sp³-hybridized carbons (Fsp3) is 0.346. The second kappa shape index (κ2) is 11.8. The highest BCUT2D eigenvalue weighted by Crippen LogP contribution is 2.45. The average Bonchev–Trinajstić information content (AvgIpc) is 2.83. The second-order valence-corrected chi connectivity index (χ2v) is 9.27. The molecular weight excluding hydrogens is 489 g/mol. The van der Waals surface area contributed by atoms with Gasteiger partial charge in [-0.3, -0.25) is 14.4 Å². The Hall–Kier alpha value is -2.71. The van der Waals surface area contributed by atoms with E-state index in [1.807, 2.05) is 13.0 Å². The molecule has 186 valence electrons. The van der Waals surface area contributed by atoms with E-state index in [9.17, 15) is 14.4 Å². The third-order valence-electron chi connectivity index (χ3n) is 5.96. The first kappa shape index (κ1) is 26.9. The molecule has 4 atom stereocenters. The van der Waals surface area contributed by atoms with Crippen molar-refractivity contribution in [2.75, 3.05) is 0 Å². The van der Waals surface area contributed by atoms with Gasteiger partial charge in [0.25, 0.3) is 11.8 Å². The van der Waals surface area contributed by atoms with Crippen LogP contribution in [0.15, 0.2) is 61.2 Å². The highest BCUT2D eigenvalue weighted by atomic mass is 35.5. The Labute approximate surface area is 215 Å². The summed E-state index contributed by atoms with van der Waals surface area (Å²) in [6, 6.07) is 12.5. The van der Waals surface area contributed by atoms with E-state index >= 15 is 0 Å². The maximum atomic E-state index is 13.8. The van der Waals surface area contributed by atoms with E-state index in [-0.39, 0.29) is 12.3 Å². The minimum atomic E-state index is -0.986. The number of halogens is 2. The predicted molar refractivity (Wildman–Crippen MR) is 135 cm³/mol. The number of hydrogen-bond donors (Lipinski definition) is 1. The molecular formula is C26H29Cl2N3O4. The lowest BCUT2D eigenvalue weighted by molar-refractivity contribution is -0.183. The van der Waals surface area contributed by atoms with E-state index in [1.165, 1.54) is 11.8 Å². The molecule has 0 radical (unpaired) electrons. The number of morpholine rings is 1. The van der Waals surface area contributed by atoms with Crippen LogP contribution in [-0.2, 0) is 19.1 Å². The first-order valence-electron chi connectivity index (χ1n) is 11.4. The van der Waals surface area contributed by atoms with Crippen molar-refractivity contribution in [3.63, 3.8) is 0 Å². The SMILES string of the molecule is C=CC[C@@H]1O[C@@H](c2cccc(Cl)c2)[C@@H](c2ccc(Cl)cc2)N([C@@H](CCC)C(=O)N(N)C(C)=O)C1=O. The number of carbonyl (C=O) groups is 3. The summed E-state index contributed by atoms with van der Waals surface area (Å²) in [7, 11) is 0. The van der Waals surface area contributed by atoms with Gasteiger partial charge in [-0.05, 0) is 41.8 Å². The van der Waals surface area contributed by atoms with Gasteiger partial charge in [-0.1, -0.05) is 66.9 Å². The molecule has 1 heterocycles. The van der Waals surface area contributed by atoms with Crippen LogP contribution in [0.4, 0.5) is 0 Å². The van der Waals surface area contributed by atoms with Crippen molar-refractivity contribution < 1.29 is 19.1 Å². The van der Waals surface area contributed by atoms with Gasteiger partial charge in [-0.25, -0.2) is 10.9 Å². The zero-order chi connectivity index (χ0) is 25.7. The summed E-state index contributed by atoms with van der Waals surface area (Å²) >= 11 is 12.4. The maximum absolute atomic E-state index is 13.8. The van der Waals surface area contributed by atoms with Gasteiger partial charge in [0.1, 0.15) is 18.2 Å². The molecule has 0 aromatic heterocycles. The fourth-order valence-electron chi connectivity index (χ4n) is 4.32. The zero-order valence-electron chi connectivity index (χ0n) is 19.7. The van der Waals surface area contributed by atoms with Crippen LogP contribution in [0.2, 0.25) is 10.0 Å². The number of nitrogens with two attached hydrogens (primary N) is 1. The largest absolute Gasteiger partial charge is 0.358 e. The predicted octanol–water partition coefficient (Wildman–Crippen LogP) is 5.00. The summed E-state index contributed by atoms with van der Waals surface area (Å²) in [4.78, 5) is 40.7. The summed E-state index contributed by atoms with van der Waals surface area (Å²) in [5.74, 6) is 4.16. The lowest BCUT2D eigenvalue weighted by Crippen LogP contribution is -2.60. The van der Waals surface area contributed by atoms with Crippen LogP contribution >= 0.6 is 23.2 Å². The third-order valence-corrected chi connectivity index (χ3v) is 6.44. The number of benzene rings is 2. The van der Waals surface area contributed by atoms with E-state index in [0.29, 0.717) is 33.5 Å². The van der Waals surface area contributed by atoms with Crippen LogP contribution in [0.25, 0.3) is 0 Å². The summed E-state index contributed by atoms with van der Waals surface area (Å²) in [6.07, 6.45) is 1.18. The molecule has 0 aliphatic carbocycles. The van der Waals surface area contributed by atoms with Gasteiger partial charge in [0, 0.05) is 23.4 Å². The molecule has 1 aliphatic rings. The lowest BCUT2D eigenvalue weighted by Gasteiger charge is -2.48. The second-order valence-electron chi connectivity index (χ2n) is 8.40. The van der Waals surface area contributed by atoms with Crippen LogP contribution < -0.4 is 5.84 Å². The number of imide groups is 1. The van der Waals surface area contributed by atoms with Crippen molar-refractivity contribution in [3.8, 4) is 0 Å². The molecule has 1 saturated heterocycles. The number of nitrogens with zero attached hydrogens (tertiary/aromatic N) is 2. The van der Waals surface area contributed by atoms with Crippen LogP contribution in [0.5, 0.6) is 0 Å². The molecule has 0 spiro atoms. The Bertz CT molecular complexity index is 1090. The first-order chi connectivity index (χ1) is 16.7. The number of amides is 3. The maximum Gasteiger partial charge on any atom is 0.266 e. The Morgan fingerprint density at radius 3 is 2.43 bits per heavy atom. The summed E-state index contributed by atoms with van der Waals surface area (Å²) in [6.45, 7) is 6.85. The average molecular weight is 518 g/mol. The smallest absolute Gasteiger partial charge is 0.266 e. The molecule has 2 aromatic carbocycles. The molecule has 9 heteroatoms. The van der Waals surface area contributed by atoms with Crippen LogP contribution in [-0.4, -0.2) is 39.8 Å². The highest BCUT2D eigenvalue weighted by molar-refractivity contribution is 6.30. The van der Waals surface area contributed by atoms with Crippen LogP contribution in [0.1, 0.15) is 56.4 Å². The normalized spacial score (nSPS) is 20.9. The van der Waals surface area contributed by atoms with Crippen LogP contribution in [0, 0.1) is 0 Å². The fourth-order valence-corrected chi connectivity index (χ4v) is 4.65. The summed E-state index contributed by atoms with van der Waals surface area (Å²) in [5.41, 5.74) is 1.45. The quantitative estimate of drug-likeness (QED) is 0.230. The van der Waals surface area contributed by atoms with Crippen molar-refractivity contribution in [3.05, 3.63) is 82.4 Å². The number of rotatable bonds is 8. The highest BCUT2D eigenvalue weighted by Gasteiger charge is 2.48. The lowest BCUT2D eigenvalue weighted by atomic mass is 9.89. The Balaban J connectivity index is 2.23. The summed E-state index contributed by atoms with van der Waals surface area (Å²) in [5, 5.41) is 1.60. The molecule has 2 aromatic rings. The minimum absolute atomic E-state index is 0.242. The first-order valence-corrected chi connectivity index (χ1v) is 12.1. The number of hydrazine groups is 1. The number of ether oxygens (including phenoxy) is 1. The van der Waals surface area contributed by atoms with Gasteiger partial charge in [0.2, 0.25) is 5.91 Å². The van der Waals surface area contributed by atoms with Crippen molar-refractivity contribution in [2.45, 2.75) is 57.4 Å². The molecule has 2 N–H and O–H groups in total. The van der Waals surface area contributed by atoms with E-state index < -0.39 is 36.1 Å². The Morgan fingerprint density at radius 2 is 1.86 bits per heavy atom. The van der Waals surface area contributed by atoms with E-state index in [0.717, 1.165) is 5.56 Å². The molecule has 3 amide bonds. The molecule has 7 nitrogen and oxygen atoms in total. The molecule has 35 heavy (non-hydrogen) atoms. The summed E-state index contributed by atoms with van der Waals surface area (Å²) < 4.78 is 6.35. The van der Waals surface area contributed by atoms with E-state index in [2.05, 4.69) is 6.58 Å². The van der Waals surface area contributed by atoms with Gasteiger partial charge in [-0.15, -0.1) is 6.58 Å². The van der Waals surface area contributed by atoms with Gasteiger partial charge < -0.3 is 9.64 Å². The van der Waals surface area contributed by atoms with Gasteiger partial charge >= 0.3 is 0 Å². The molecule has 1 aliphatic heterocycles. The van der Waals surface area contributed by atoms with E-state index in [1.54, 1.807) is 48.5 Å². The molecule has 0 saturated carbocycles. The van der Waals surface area contributed by atoms with Gasteiger partial charge in [0.15, 0.2) is 0 Å². The van der Waals surface area contributed by atoms with Crippen molar-refractivity contribution in [1.82, 2.24) is 9.91 Å². The number of carbonyl (C=O) groups excluding carboxylic acids is 3. The van der Waals surface area contributed by atoms with E-state index in [4.69, 9.17) is 33.8 Å². The van der Waals surface area contributed by atoms with Crippen LogP contribution in [0.3, 0.4) is 0 Å². The standard InChI is InChI=1S/C26H29Cl2N3O4/c1-4-7-21(25(33)31(29)16(3)32)30-23(17-11-13-19(27)14-12-17)24(18-9-6-10-20(28)15-18)35-22(8-5-2)26(30)34/h5-6,9-15,21-24H,2,4,7-8,29H2,1,3H3/t21-,22-,23+,24-/m0/s1. The van der Waals surface area contributed by atoms with Gasteiger partial charge in [0.05, 0.1) is 6.04 Å². The van der Waals surface area contributed by atoms with Gasteiger partial charge in [-0.2, -0.15) is 0 Å². The molecule has 0 bridgehead atoms. The Kier molecular flexibility index (Phi) is 9.08. The van der Waals surface area contributed by atoms with Crippen molar-refractivity contribution in [1.29, 1.82) is 0 Å².